The van der Waals surface area contributed by atoms with Crippen LogP contribution in [0.15, 0.2) is 24.3 Å². The van der Waals surface area contributed by atoms with E-state index >= 15 is 0 Å². The molecule has 5 nitrogen and oxygen atoms in total. The van der Waals surface area contributed by atoms with Crippen LogP contribution in [0.5, 0.6) is 0 Å². The first-order chi connectivity index (χ1) is 9.15. The third-order valence-corrected chi connectivity index (χ3v) is 2.53. The highest BCUT2D eigenvalue weighted by Gasteiger charge is 2.06. The molecule has 1 amide bonds. The second kappa shape index (κ2) is 8.01. The van der Waals surface area contributed by atoms with Crippen molar-refractivity contribution < 1.29 is 9.90 Å². The summed E-state index contributed by atoms with van der Waals surface area (Å²) in [4.78, 5) is 11.4. The van der Waals surface area contributed by atoms with Crippen LogP contribution in [-0.4, -0.2) is 29.9 Å². The zero-order valence-corrected chi connectivity index (χ0v) is 10.6. The van der Waals surface area contributed by atoms with Crippen molar-refractivity contribution in [1.29, 1.82) is 10.7 Å². The molecule has 0 atom stereocenters. The number of rotatable bonds is 7. The van der Waals surface area contributed by atoms with Crippen molar-refractivity contribution in [2.75, 3.05) is 13.2 Å². The Labute approximate surface area is 112 Å². The highest BCUT2D eigenvalue weighted by atomic mass is 16.3. The number of amides is 1. The number of carbonyl (C=O) groups is 1. The molecule has 0 heterocycles. The number of aliphatic hydroxyl groups is 1. The molecule has 0 aromatic heterocycles. The molecule has 0 saturated heterocycles. The second-order valence-electron chi connectivity index (χ2n) is 4.19. The Kier molecular flexibility index (Phi) is 6.27. The maximum atomic E-state index is 11.4. The summed E-state index contributed by atoms with van der Waals surface area (Å²) in [7, 11) is 0. The van der Waals surface area contributed by atoms with Crippen LogP contribution in [0.2, 0.25) is 0 Å². The molecule has 0 saturated carbocycles. The molecule has 3 N–H and O–H groups in total. The molecule has 0 radical (unpaired) electrons. The van der Waals surface area contributed by atoms with Gasteiger partial charge in [0.05, 0.1) is 18.1 Å². The average Bonchev–Trinajstić information content (AvgIpc) is 2.39. The Balaban J connectivity index is 2.38. The van der Waals surface area contributed by atoms with Crippen LogP contribution in [0, 0.1) is 16.7 Å². The van der Waals surface area contributed by atoms with E-state index in [9.17, 15) is 4.79 Å². The summed E-state index contributed by atoms with van der Waals surface area (Å²) in [6.07, 6.45) is 0.985. The van der Waals surface area contributed by atoms with Crippen LogP contribution in [0.3, 0.4) is 0 Å². The predicted molar refractivity (Wildman–Crippen MR) is 71.9 cm³/mol. The molecule has 100 valence electrons. The van der Waals surface area contributed by atoms with Crippen molar-refractivity contribution in [3.05, 3.63) is 35.4 Å². The first-order valence-corrected chi connectivity index (χ1v) is 6.08. The zero-order valence-electron chi connectivity index (χ0n) is 10.6. The molecule has 0 spiro atoms. The SMILES string of the molecule is N#Cc1ccc(CC(=N)CC(=O)NCCCO)cc1. The van der Waals surface area contributed by atoms with Crippen LogP contribution >= 0.6 is 0 Å². The van der Waals surface area contributed by atoms with E-state index in [-0.39, 0.29) is 18.9 Å². The van der Waals surface area contributed by atoms with Crippen molar-refractivity contribution in [2.24, 2.45) is 0 Å². The number of hydrogen-bond donors (Lipinski definition) is 3. The van der Waals surface area contributed by atoms with Gasteiger partial charge >= 0.3 is 0 Å². The van der Waals surface area contributed by atoms with Crippen LogP contribution in [-0.2, 0) is 11.2 Å². The summed E-state index contributed by atoms with van der Waals surface area (Å²) in [5.41, 5.74) is 1.82. The topological polar surface area (TPSA) is 97.0 Å². The molecule has 0 bridgehead atoms. The Morgan fingerprint density at radius 3 is 2.63 bits per heavy atom. The predicted octanol–water partition coefficient (Wildman–Crippen LogP) is 1.01. The van der Waals surface area contributed by atoms with E-state index in [4.69, 9.17) is 15.8 Å². The van der Waals surface area contributed by atoms with E-state index in [0.29, 0.717) is 30.7 Å². The lowest BCUT2D eigenvalue weighted by atomic mass is 10.0. The van der Waals surface area contributed by atoms with Gasteiger partial charge in [-0.3, -0.25) is 4.79 Å². The highest BCUT2D eigenvalue weighted by molar-refractivity contribution is 6.00. The summed E-state index contributed by atoms with van der Waals surface area (Å²) in [6, 6.07) is 9.00. The Bertz CT molecular complexity index is 474. The van der Waals surface area contributed by atoms with Crippen LogP contribution in [0.1, 0.15) is 24.0 Å². The largest absolute Gasteiger partial charge is 0.396 e. The summed E-state index contributed by atoms with van der Waals surface area (Å²) in [5, 5.41) is 27.6. The van der Waals surface area contributed by atoms with Gasteiger partial charge in [0.25, 0.3) is 0 Å². The molecule has 0 fully saturated rings. The lowest BCUT2D eigenvalue weighted by molar-refractivity contribution is -0.119. The minimum absolute atomic E-state index is 0.0446. The smallest absolute Gasteiger partial charge is 0.225 e. The number of benzene rings is 1. The van der Waals surface area contributed by atoms with Gasteiger partial charge in [-0.25, -0.2) is 0 Å². The highest BCUT2D eigenvalue weighted by Crippen LogP contribution is 2.05. The fourth-order valence-corrected chi connectivity index (χ4v) is 1.57. The van der Waals surface area contributed by atoms with Gasteiger partial charge in [-0.1, -0.05) is 12.1 Å². The molecule has 0 aliphatic carbocycles. The number of aliphatic hydroxyl groups excluding tert-OH is 1. The molecular weight excluding hydrogens is 242 g/mol. The number of nitrogens with zero attached hydrogens (tertiary/aromatic N) is 1. The van der Waals surface area contributed by atoms with Crippen LogP contribution in [0.25, 0.3) is 0 Å². The summed E-state index contributed by atoms with van der Waals surface area (Å²) in [5.74, 6) is -0.202. The van der Waals surface area contributed by atoms with E-state index < -0.39 is 0 Å². The summed E-state index contributed by atoms with van der Waals surface area (Å²) in [6.45, 7) is 0.475. The van der Waals surface area contributed by atoms with Crippen molar-refractivity contribution in [1.82, 2.24) is 5.32 Å². The van der Waals surface area contributed by atoms with E-state index in [2.05, 4.69) is 5.32 Å². The molecule has 1 aromatic rings. The number of nitrogens with one attached hydrogen (secondary N) is 2. The van der Waals surface area contributed by atoms with Gasteiger partial charge in [-0.2, -0.15) is 5.26 Å². The molecule has 19 heavy (non-hydrogen) atoms. The van der Waals surface area contributed by atoms with Crippen molar-refractivity contribution in [3.8, 4) is 6.07 Å². The van der Waals surface area contributed by atoms with Gasteiger partial charge in [0.2, 0.25) is 5.91 Å². The summed E-state index contributed by atoms with van der Waals surface area (Å²) >= 11 is 0. The molecule has 5 heteroatoms. The zero-order chi connectivity index (χ0) is 14.1. The van der Waals surface area contributed by atoms with Crippen LogP contribution in [0.4, 0.5) is 0 Å². The maximum absolute atomic E-state index is 11.4. The fourth-order valence-electron chi connectivity index (χ4n) is 1.57. The van der Waals surface area contributed by atoms with E-state index in [1.807, 2.05) is 6.07 Å². The van der Waals surface area contributed by atoms with E-state index in [0.717, 1.165) is 5.56 Å². The molecular formula is C14H17N3O2. The van der Waals surface area contributed by atoms with Crippen molar-refractivity contribution >= 4 is 11.6 Å². The van der Waals surface area contributed by atoms with Gasteiger partial charge in [0.15, 0.2) is 0 Å². The molecule has 0 aliphatic heterocycles. The monoisotopic (exact) mass is 259 g/mol. The van der Waals surface area contributed by atoms with Crippen molar-refractivity contribution in [3.63, 3.8) is 0 Å². The standard InChI is InChI=1S/C14H17N3O2/c15-10-12-4-2-11(3-5-12)8-13(16)9-14(19)17-6-1-7-18/h2-5,16,18H,1,6-9H2,(H,17,19). The molecule has 1 aromatic carbocycles. The quantitative estimate of drug-likeness (QED) is 0.503. The van der Waals surface area contributed by atoms with Crippen molar-refractivity contribution in [2.45, 2.75) is 19.3 Å². The van der Waals surface area contributed by atoms with Gasteiger partial charge in [-0.05, 0) is 24.1 Å². The maximum Gasteiger partial charge on any atom is 0.225 e. The van der Waals surface area contributed by atoms with Gasteiger partial charge in [0, 0.05) is 25.3 Å². The minimum atomic E-state index is -0.202. The van der Waals surface area contributed by atoms with Gasteiger partial charge < -0.3 is 15.8 Å². The molecule has 0 aliphatic rings. The second-order valence-corrected chi connectivity index (χ2v) is 4.19. The Morgan fingerprint density at radius 2 is 2.05 bits per heavy atom. The Morgan fingerprint density at radius 1 is 1.37 bits per heavy atom. The van der Waals surface area contributed by atoms with Gasteiger partial charge in [-0.15, -0.1) is 0 Å². The van der Waals surface area contributed by atoms with E-state index in [1.165, 1.54) is 0 Å². The molecule has 0 unspecified atom stereocenters. The normalized spacial score (nSPS) is 9.68. The number of nitriles is 1. The summed E-state index contributed by atoms with van der Waals surface area (Å²) < 4.78 is 0. The fraction of sp³-hybridized carbons (Fsp3) is 0.357. The lowest BCUT2D eigenvalue weighted by Crippen LogP contribution is -2.27. The average molecular weight is 259 g/mol. The third kappa shape index (κ3) is 5.80. The minimum Gasteiger partial charge on any atom is -0.396 e. The van der Waals surface area contributed by atoms with Crippen LogP contribution < -0.4 is 5.32 Å². The Hall–Kier alpha value is -2.19. The lowest BCUT2D eigenvalue weighted by Gasteiger charge is -2.06. The third-order valence-electron chi connectivity index (χ3n) is 2.53. The van der Waals surface area contributed by atoms with Gasteiger partial charge in [0.1, 0.15) is 0 Å². The first-order valence-electron chi connectivity index (χ1n) is 6.08. The first kappa shape index (κ1) is 14.9. The molecule has 1 rings (SSSR count). The number of carbonyl (C=O) groups excluding carboxylic acids is 1. The number of hydrogen-bond acceptors (Lipinski definition) is 4. The van der Waals surface area contributed by atoms with E-state index in [1.54, 1.807) is 24.3 Å².